The Morgan fingerprint density at radius 1 is 1.30 bits per heavy atom. The second-order valence-electron chi connectivity index (χ2n) is 5.35. The molecule has 1 atom stereocenters. The number of nitrogens with zero attached hydrogens (tertiary/aromatic N) is 1. The van der Waals surface area contributed by atoms with Gasteiger partial charge in [0.05, 0.1) is 17.3 Å². The quantitative estimate of drug-likeness (QED) is 0.757. The van der Waals surface area contributed by atoms with E-state index in [2.05, 4.69) is 0 Å². The SMILES string of the molecule is O=C(c1ccc(Cl)cc1)N(CCS(=O)(=O)O)C1CCS(=O)(=O)C1. The number of hydrogen-bond donors (Lipinski definition) is 1. The minimum Gasteiger partial charge on any atom is -0.333 e. The van der Waals surface area contributed by atoms with Crippen LogP contribution in [0, 0.1) is 0 Å². The summed E-state index contributed by atoms with van der Waals surface area (Å²) in [5.41, 5.74) is 0.272. The molecule has 1 N–H and O–H groups in total. The van der Waals surface area contributed by atoms with Gasteiger partial charge in [0.25, 0.3) is 16.0 Å². The fraction of sp³-hybridized carbons (Fsp3) is 0.462. The molecule has 0 aromatic heterocycles. The van der Waals surface area contributed by atoms with Gasteiger partial charge in [0, 0.05) is 23.2 Å². The number of amides is 1. The molecule has 23 heavy (non-hydrogen) atoms. The molecular weight excluding hydrogens is 366 g/mol. The van der Waals surface area contributed by atoms with Crippen LogP contribution in [0.1, 0.15) is 16.8 Å². The van der Waals surface area contributed by atoms with E-state index in [1.165, 1.54) is 29.2 Å². The molecule has 2 rings (SSSR count). The summed E-state index contributed by atoms with van der Waals surface area (Å²) >= 11 is 5.76. The topological polar surface area (TPSA) is 109 Å². The Labute approximate surface area is 139 Å². The van der Waals surface area contributed by atoms with E-state index in [1.54, 1.807) is 0 Å². The van der Waals surface area contributed by atoms with Crippen LogP contribution in [0.3, 0.4) is 0 Å². The van der Waals surface area contributed by atoms with E-state index in [0.717, 1.165) is 0 Å². The van der Waals surface area contributed by atoms with Crippen molar-refractivity contribution in [1.29, 1.82) is 0 Å². The lowest BCUT2D eigenvalue weighted by Crippen LogP contribution is -2.43. The molecular formula is C13H16ClNO6S2. The third kappa shape index (κ3) is 5.17. The molecule has 7 nitrogen and oxygen atoms in total. The first-order valence-electron chi connectivity index (χ1n) is 6.79. The molecule has 1 heterocycles. The van der Waals surface area contributed by atoms with Crippen molar-refractivity contribution >= 4 is 37.5 Å². The van der Waals surface area contributed by atoms with Crippen molar-refractivity contribution in [2.75, 3.05) is 23.8 Å². The summed E-state index contributed by atoms with van der Waals surface area (Å²) in [6.45, 7) is -0.277. The van der Waals surface area contributed by atoms with Gasteiger partial charge < -0.3 is 4.90 Å². The molecule has 1 saturated heterocycles. The zero-order valence-electron chi connectivity index (χ0n) is 12.1. The second-order valence-corrected chi connectivity index (χ2v) is 9.59. The number of carbonyl (C=O) groups excluding carboxylic acids is 1. The van der Waals surface area contributed by atoms with E-state index >= 15 is 0 Å². The monoisotopic (exact) mass is 381 g/mol. The molecule has 1 amide bonds. The van der Waals surface area contributed by atoms with Gasteiger partial charge in [0.1, 0.15) is 0 Å². The van der Waals surface area contributed by atoms with E-state index in [9.17, 15) is 21.6 Å². The highest BCUT2D eigenvalue weighted by Gasteiger charge is 2.35. The van der Waals surface area contributed by atoms with E-state index in [1.807, 2.05) is 0 Å². The summed E-state index contributed by atoms with van der Waals surface area (Å²) in [4.78, 5) is 13.8. The second kappa shape index (κ2) is 6.76. The van der Waals surface area contributed by atoms with Crippen molar-refractivity contribution in [3.8, 4) is 0 Å². The number of carbonyl (C=O) groups is 1. The number of rotatable bonds is 5. The van der Waals surface area contributed by atoms with Gasteiger partial charge in [-0.05, 0) is 30.7 Å². The Bertz CT molecular complexity index is 788. The number of hydrogen-bond acceptors (Lipinski definition) is 5. The third-order valence-corrected chi connectivity index (χ3v) is 6.29. The Morgan fingerprint density at radius 3 is 2.39 bits per heavy atom. The van der Waals surface area contributed by atoms with Crippen LogP contribution in [0.25, 0.3) is 0 Å². The van der Waals surface area contributed by atoms with Crippen LogP contribution in [-0.2, 0) is 20.0 Å². The summed E-state index contributed by atoms with van der Waals surface area (Å²) in [7, 11) is -7.51. The fourth-order valence-corrected chi connectivity index (χ4v) is 4.73. The minimum atomic E-state index is -4.26. The molecule has 0 radical (unpaired) electrons. The van der Waals surface area contributed by atoms with Crippen LogP contribution < -0.4 is 0 Å². The lowest BCUT2D eigenvalue weighted by atomic mass is 10.1. The maximum atomic E-state index is 12.6. The molecule has 1 aromatic rings. The molecule has 1 aromatic carbocycles. The molecule has 1 aliphatic rings. The highest BCUT2D eigenvalue weighted by molar-refractivity contribution is 7.91. The standard InChI is InChI=1S/C13H16ClNO6S2/c14-11-3-1-10(2-4-11)13(16)15(6-8-23(19,20)21)12-5-7-22(17,18)9-12/h1-4,12H,5-9H2,(H,19,20,21). The van der Waals surface area contributed by atoms with Crippen LogP contribution in [0.5, 0.6) is 0 Å². The van der Waals surface area contributed by atoms with Crippen molar-refractivity contribution in [2.24, 2.45) is 0 Å². The maximum Gasteiger partial charge on any atom is 0.266 e. The van der Waals surface area contributed by atoms with Gasteiger partial charge in [0.15, 0.2) is 9.84 Å². The minimum absolute atomic E-state index is 0.0477. The normalized spacial score (nSPS) is 20.3. The summed E-state index contributed by atoms with van der Waals surface area (Å²) in [6, 6.07) is 5.38. The molecule has 10 heteroatoms. The summed E-state index contributed by atoms with van der Waals surface area (Å²) in [5.74, 6) is -1.40. The average Bonchev–Trinajstić information content (AvgIpc) is 2.78. The van der Waals surface area contributed by atoms with Crippen molar-refractivity contribution in [3.63, 3.8) is 0 Å². The largest absolute Gasteiger partial charge is 0.333 e. The van der Waals surface area contributed by atoms with Gasteiger partial charge in [-0.2, -0.15) is 8.42 Å². The highest BCUT2D eigenvalue weighted by atomic mass is 35.5. The number of sulfone groups is 1. The molecule has 128 valence electrons. The van der Waals surface area contributed by atoms with E-state index in [0.29, 0.717) is 5.02 Å². The van der Waals surface area contributed by atoms with Crippen LogP contribution in [-0.4, -0.2) is 62.0 Å². The highest BCUT2D eigenvalue weighted by Crippen LogP contribution is 2.21. The van der Waals surface area contributed by atoms with Crippen LogP contribution >= 0.6 is 11.6 Å². The van der Waals surface area contributed by atoms with Crippen molar-refractivity contribution in [2.45, 2.75) is 12.5 Å². The maximum absolute atomic E-state index is 12.6. The first kappa shape index (κ1) is 18.2. The smallest absolute Gasteiger partial charge is 0.266 e. The molecule has 0 saturated carbocycles. The predicted molar refractivity (Wildman–Crippen MR) is 86.0 cm³/mol. The molecule has 1 unspecified atom stereocenters. The van der Waals surface area contributed by atoms with E-state index < -0.39 is 37.7 Å². The van der Waals surface area contributed by atoms with Gasteiger partial charge in [-0.3, -0.25) is 9.35 Å². The Kier molecular flexibility index (Phi) is 5.34. The average molecular weight is 382 g/mol. The van der Waals surface area contributed by atoms with Crippen LogP contribution in [0.15, 0.2) is 24.3 Å². The Hall–Kier alpha value is -1.16. The van der Waals surface area contributed by atoms with Gasteiger partial charge in [-0.15, -0.1) is 0 Å². The van der Waals surface area contributed by atoms with Crippen molar-refractivity contribution in [1.82, 2.24) is 4.90 Å². The summed E-state index contributed by atoms with van der Waals surface area (Å²) in [5, 5.41) is 0.439. The molecule has 1 aliphatic heterocycles. The molecule has 0 aliphatic carbocycles. The van der Waals surface area contributed by atoms with Crippen LogP contribution in [0.2, 0.25) is 5.02 Å². The molecule has 1 fully saturated rings. The zero-order chi connectivity index (χ0) is 17.3. The van der Waals surface area contributed by atoms with Gasteiger partial charge in [0.2, 0.25) is 0 Å². The lowest BCUT2D eigenvalue weighted by Gasteiger charge is -2.28. The lowest BCUT2D eigenvalue weighted by molar-refractivity contribution is 0.0709. The Balaban J connectivity index is 2.25. The number of halogens is 1. The van der Waals surface area contributed by atoms with Gasteiger partial charge >= 0.3 is 0 Å². The molecule has 0 spiro atoms. The number of benzene rings is 1. The fourth-order valence-electron chi connectivity index (χ4n) is 2.44. The van der Waals surface area contributed by atoms with E-state index in [-0.39, 0.29) is 30.0 Å². The Morgan fingerprint density at radius 2 is 1.91 bits per heavy atom. The van der Waals surface area contributed by atoms with Gasteiger partial charge in [-0.1, -0.05) is 11.6 Å². The third-order valence-electron chi connectivity index (χ3n) is 3.59. The first-order chi connectivity index (χ1) is 10.6. The summed E-state index contributed by atoms with van der Waals surface area (Å²) < 4.78 is 54.1. The zero-order valence-corrected chi connectivity index (χ0v) is 14.4. The van der Waals surface area contributed by atoms with Crippen LogP contribution in [0.4, 0.5) is 0 Å². The van der Waals surface area contributed by atoms with Crippen molar-refractivity contribution < 1.29 is 26.2 Å². The molecule has 0 bridgehead atoms. The van der Waals surface area contributed by atoms with Crippen molar-refractivity contribution in [3.05, 3.63) is 34.9 Å². The first-order valence-corrected chi connectivity index (χ1v) is 10.6. The van der Waals surface area contributed by atoms with Gasteiger partial charge in [-0.25, -0.2) is 8.42 Å². The van der Waals surface area contributed by atoms with E-state index in [4.69, 9.17) is 16.2 Å². The predicted octanol–water partition coefficient (Wildman–Crippen LogP) is 0.857. The summed E-state index contributed by atoms with van der Waals surface area (Å²) in [6.07, 6.45) is 0.243.